The molecule has 1 N–H and O–H groups in total. The Bertz CT molecular complexity index is 783. The molecule has 1 amide bonds. The summed E-state index contributed by atoms with van der Waals surface area (Å²) in [6.45, 7) is 1.51. The molecule has 1 fully saturated rings. The summed E-state index contributed by atoms with van der Waals surface area (Å²) in [5.41, 5.74) is 1.61. The van der Waals surface area contributed by atoms with Gasteiger partial charge in [0, 0.05) is 30.6 Å². The zero-order chi connectivity index (χ0) is 17.2. The molecule has 6 nitrogen and oxygen atoms in total. The number of hydrogen-bond donors (Lipinski definition) is 1. The average Bonchev–Trinajstić information content (AvgIpc) is 3.08. The molecular weight excluding hydrogens is 340 g/mol. The Balaban J connectivity index is 1.58. The molecule has 0 spiro atoms. The second-order valence-electron chi connectivity index (χ2n) is 6.66. The second-order valence-corrected chi connectivity index (χ2v) is 7.07. The maximum atomic E-state index is 12.5. The van der Waals surface area contributed by atoms with Crippen molar-refractivity contribution in [3.8, 4) is 17.0 Å². The number of nitrogens with one attached hydrogen (secondary N) is 1. The van der Waals surface area contributed by atoms with Gasteiger partial charge in [-0.3, -0.25) is 4.79 Å². The lowest BCUT2D eigenvalue weighted by Gasteiger charge is -2.20. The summed E-state index contributed by atoms with van der Waals surface area (Å²) in [5.74, 6) is 1.38. The van der Waals surface area contributed by atoms with Crippen molar-refractivity contribution in [2.24, 2.45) is 5.92 Å². The van der Waals surface area contributed by atoms with E-state index in [0.717, 1.165) is 55.7 Å². The highest BCUT2D eigenvalue weighted by Crippen LogP contribution is 2.37. The molecule has 2 aromatic heterocycles. The fraction of sp³-hybridized carbons (Fsp3) is 0.500. The number of carbonyl (C=O) groups excluding carboxylic acids is 1. The van der Waals surface area contributed by atoms with Crippen LogP contribution in [0.4, 0.5) is 5.82 Å². The van der Waals surface area contributed by atoms with Crippen LogP contribution in [0.15, 0.2) is 18.5 Å². The van der Waals surface area contributed by atoms with Crippen LogP contribution < -0.4 is 10.1 Å². The Morgan fingerprint density at radius 3 is 2.88 bits per heavy atom. The van der Waals surface area contributed by atoms with Crippen molar-refractivity contribution >= 4 is 23.3 Å². The van der Waals surface area contributed by atoms with Crippen molar-refractivity contribution in [2.75, 3.05) is 11.9 Å². The lowest BCUT2D eigenvalue weighted by molar-refractivity contribution is -0.120. The number of hydrogen-bond acceptors (Lipinski definition) is 4. The molecule has 0 unspecified atom stereocenters. The molecule has 25 heavy (non-hydrogen) atoms. The number of anilines is 1. The minimum Gasteiger partial charge on any atom is -0.477 e. The van der Waals surface area contributed by atoms with Gasteiger partial charge in [0.25, 0.3) is 0 Å². The molecule has 0 saturated heterocycles. The molecule has 0 aromatic carbocycles. The third kappa shape index (κ3) is 3.35. The average molecular weight is 361 g/mol. The van der Waals surface area contributed by atoms with Crippen LogP contribution in [0.1, 0.15) is 38.5 Å². The molecule has 7 heteroatoms. The van der Waals surface area contributed by atoms with Crippen LogP contribution in [-0.4, -0.2) is 27.3 Å². The first kappa shape index (κ1) is 16.4. The molecular formula is C18H21ClN4O2. The number of halogens is 1. The number of rotatable bonds is 3. The van der Waals surface area contributed by atoms with Gasteiger partial charge in [0.05, 0.1) is 23.4 Å². The maximum Gasteiger partial charge on any atom is 0.228 e. The van der Waals surface area contributed by atoms with E-state index in [4.69, 9.17) is 16.3 Å². The van der Waals surface area contributed by atoms with Crippen LogP contribution in [-0.2, 0) is 11.3 Å². The monoisotopic (exact) mass is 360 g/mol. The number of amides is 1. The molecule has 1 aliphatic heterocycles. The number of carbonyl (C=O) groups is 1. The van der Waals surface area contributed by atoms with Crippen LogP contribution in [0, 0.1) is 5.92 Å². The molecule has 2 aliphatic rings. The molecule has 0 radical (unpaired) electrons. The fourth-order valence-corrected chi connectivity index (χ4v) is 3.77. The Kier molecular flexibility index (Phi) is 4.61. The molecule has 0 atom stereocenters. The van der Waals surface area contributed by atoms with Gasteiger partial charge in [-0.05, 0) is 18.9 Å². The van der Waals surface area contributed by atoms with E-state index in [-0.39, 0.29) is 11.8 Å². The standard InChI is InChI=1S/C18H21ClN4O2/c19-15-11-20-16(22-17(24)12-5-2-1-3-6-12)9-13(15)14-10-21-23-7-4-8-25-18(14)23/h9-12H,1-8H2,(H,20,22,24). The highest BCUT2D eigenvalue weighted by molar-refractivity contribution is 6.33. The summed E-state index contributed by atoms with van der Waals surface area (Å²) in [5, 5.41) is 7.82. The van der Waals surface area contributed by atoms with Crippen LogP contribution >= 0.6 is 11.6 Å². The number of fused-ring (bicyclic) bond motifs is 1. The van der Waals surface area contributed by atoms with E-state index in [0.29, 0.717) is 17.4 Å². The van der Waals surface area contributed by atoms with Crippen molar-refractivity contribution in [1.29, 1.82) is 0 Å². The van der Waals surface area contributed by atoms with Crippen molar-refractivity contribution in [3.63, 3.8) is 0 Å². The van der Waals surface area contributed by atoms with Crippen LogP contribution in [0.3, 0.4) is 0 Å². The minimum absolute atomic E-state index is 0.0498. The van der Waals surface area contributed by atoms with E-state index >= 15 is 0 Å². The van der Waals surface area contributed by atoms with E-state index in [1.807, 2.05) is 4.68 Å². The molecule has 0 bridgehead atoms. The van der Waals surface area contributed by atoms with E-state index in [1.165, 1.54) is 6.42 Å². The van der Waals surface area contributed by atoms with Crippen molar-refractivity contribution < 1.29 is 9.53 Å². The SMILES string of the molecule is O=C(Nc1cc(-c2cnn3c2OCCC3)c(Cl)cn1)C1CCCCC1. The lowest BCUT2D eigenvalue weighted by Crippen LogP contribution is -2.25. The van der Waals surface area contributed by atoms with Gasteiger partial charge in [-0.25, -0.2) is 9.67 Å². The first-order valence-corrected chi connectivity index (χ1v) is 9.25. The molecule has 3 heterocycles. The first-order valence-electron chi connectivity index (χ1n) is 8.88. The van der Waals surface area contributed by atoms with Gasteiger partial charge >= 0.3 is 0 Å². The summed E-state index contributed by atoms with van der Waals surface area (Å²) in [4.78, 5) is 16.7. The van der Waals surface area contributed by atoms with E-state index in [2.05, 4.69) is 15.4 Å². The molecule has 132 valence electrons. The smallest absolute Gasteiger partial charge is 0.228 e. The highest BCUT2D eigenvalue weighted by Gasteiger charge is 2.23. The van der Waals surface area contributed by atoms with Gasteiger partial charge in [-0.15, -0.1) is 0 Å². The fourth-order valence-electron chi connectivity index (χ4n) is 3.56. The van der Waals surface area contributed by atoms with Gasteiger partial charge in [0.15, 0.2) is 0 Å². The highest BCUT2D eigenvalue weighted by atomic mass is 35.5. The zero-order valence-corrected chi connectivity index (χ0v) is 14.8. The normalized spacial score (nSPS) is 17.6. The first-order chi connectivity index (χ1) is 12.2. The Morgan fingerprint density at radius 1 is 1.20 bits per heavy atom. The summed E-state index contributed by atoms with van der Waals surface area (Å²) >= 11 is 6.35. The third-order valence-electron chi connectivity index (χ3n) is 4.92. The Labute approximate surface area is 151 Å². The largest absolute Gasteiger partial charge is 0.477 e. The molecule has 1 aliphatic carbocycles. The Morgan fingerprint density at radius 2 is 2.04 bits per heavy atom. The quantitative estimate of drug-likeness (QED) is 0.901. The van der Waals surface area contributed by atoms with Gasteiger partial charge in [-0.1, -0.05) is 30.9 Å². The lowest BCUT2D eigenvalue weighted by atomic mass is 9.89. The van der Waals surface area contributed by atoms with Crippen LogP contribution in [0.2, 0.25) is 5.02 Å². The summed E-state index contributed by atoms with van der Waals surface area (Å²) < 4.78 is 7.60. The van der Waals surface area contributed by atoms with Gasteiger partial charge < -0.3 is 10.1 Å². The number of aromatic nitrogens is 3. The minimum atomic E-state index is 0.0498. The van der Waals surface area contributed by atoms with Crippen molar-refractivity contribution in [3.05, 3.63) is 23.5 Å². The molecule has 1 saturated carbocycles. The van der Waals surface area contributed by atoms with Crippen LogP contribution in [0.5, 0.6) is 5.88 Å². The number of nitrogens with zero attached hydrogens (tertiary/aromatic N) is 3. The Hall–Kier alpha value is -2.08. The van der Waals surface area contributed by atoms with Crippen molar-refractivity contribution in [2.45, 2.75) is 45.1 Å². The van der Waals surface area contributed by atoms with E-state index < -0.39 is 0 Å². The van der Waals surface area contributed by atoms with Gasteiger partial charge in [0.2, 0.25) is 11.8 Å². The van der Waals surface area contributed by atoms with Gasteiger partial charge in [0.1, 0.15) is 5.82 Å². The number of pyridine rings is 1. The number of ether oxygens (including phenoxy) is 1. The predicted octanol–water partition coefficient (Wildman–Crippen LogP) is 3.90. The second kappa shape index (κ2) is 7.04. The molecule has 2 aromatic rings. The van der Waals surface area contributed by atoms with Crippen LogP contribution in [0.25, 0.3) is 11.1 Å². The third-order valence-corrected chi connectivity index (χ3v) is 5.22. The molecule has 4 rings (SSSR count). The summed E-state index contributed by atoms with van der Waals surface area (Å²) in [6, 6.07) is 1.80. The topological polar surface area (TPSA) is 69.0 Å². The summed E-state index contributed by atoms with van der Waals surface area (Å²) in [7, 11) is 0. The zero-order valence-electron chi connectivity index (χ0n) is 14.0. The van der Waals surface area contributed by atoms with Crippen molar-refractivity contribution in [1.82, 2.24) is 14.8 Å². The summed E-state index contributed by atoms with van der Waals surface area (Å²) in [6.07, 6.45) is 9.65. The van der Waals surface area contributed by atoms with E-state index in [1.54, 1.807) is 18.5 Å². The van der Waals surface area contributed by atoms with E-state index in [9.17, 15) is 4.79 Å². The number of aryl methyl sites for hydroxylation is 1. The maximum absolute atomic E-state index is 12.5. The van der Waals surface area contributed by atoms with Gasteiger partial charge in [-0.2, -0.15) is 5.10 Å². The predicted molar refractivity (Wildman–Crippen MR) is 95.8 cm³/mol.